The Balaban J connectivity index is 1.29. The number of aryl methyl sites for hydroxylation is 1. The first-order chi connectivity index (χ1) is 15.1. The molecule has 0 spiro atoms. The summed E-state index contributed by atoms with van der Waals surface area (Å²) in [4.78, 5) is 26.1. The number of hydrogen-bond donors (Lipinski definition) is 1. The number of amides is 1. The number of ether oxygens (including phenoxy) is 1. The number of hydrogen-bond acceptors (Lipinski definition) is 5. The van der Waals surface area contributed by atoms with Crippen LogP contribution in [0.3, 0.4) is 0 Å². The van der Waals surface area contributed by atoms with Crippen molar-refractivity contribution in [3.63, 3.8) is 0 Å². The minimum Gasteiger partial charge on any atom is -0.493 e. The van der Waals surface area contributed by atoms with Gasteiger partial charge in [-0.15, -0.1) is 0 Å². The lowest BCUT2D eigenvalue weighted by atomic mass is 9.99. The van der Waals surface area contributed by atoms with Crippen LogP contribution in [0.2, 0.25) is 0 Å². The van der Waals surface area contributed by atoms with Crippen LogP contribution in [0.1, 0.15) is 46.1 Å². The molecule has 0 bridgehead atoms. The van der Waals surface area contributed by atoms with Gasteiger partial charge < -0.3 is 10.1 Å². The monoisotopic (exact) mass is 416 g/mol. The molecule has 1 amide bonds. The van der Waals surface area contributed by atoms with Gasteiger partial charge in [0.2, 0.25) is 5.91 Å². The molecular formula is C24H21FN4O2. The molecule has 31 heavy (non-hydrogen) atoms. The van der Waals surface area contributed by atoms with E-state index in [0.29, 0.717) is 31.0 Å². The van der Waals surface area contributed by atoms with E-state index in [1.807, 2.05) is 25.1 Å². The molecule has 0 saturated heterocycles. The van der Waals surface area contributed by atoms with E-state index in [2.05, 4.69) is 20.3 Å². The summed E-state index contributed by atoms with van der Waals surface area (Å²) in [6.45, 7) is 2.96. The van der Waals surface area contributed by atoms with Crippen LogP contribution in [-0.4, -0.2) is 28.2 Å². The van der Waals surface area contributed by atoms with Crippen molar-refractivity contribution >= 4 is 11.6 Å². The van der Waals surface area contributed by atoms with Crippen molar-refractivity contribution in [2.45, 2.75) is 32.4 Å². The molecule has 0 radical (unpaired) electrons. The summed E-state index contributed by atoms with van der Waals surface area (Å²) in [5.41, 5.74) is 6.43. The number of carbonyl (C=O) groups is 1. The average molecular weight is 416 g/mol. The number of pyridine rings is 2. The van der Waals surface area contributed by atoms with Gasteiger partial charge in [0.05, 0.1) is 37.0 Å². The van der Waals surface area contributed by atoms with Crippen LogP contribution in [0.25, 0.3) is 0 Å². The third-order valence-electron chi connectivity index (χ3n) is 5.57. The predicted molar refractivity (Wildman–Crippen MR) is 114 cm³/mol. The first-order valence-corrected chi connectivity index (χ1v) is 10.2. The van der Waals surface area contributed by atoms with Crippen LogP contribution in [0.15, 0.2) is 53.8 Å². The van der Waals surface area contributed by atoms with Gasteiger partial charge in [-0.3, -0.25) is 19.8 Å². The zero-order chi connectivity index (χ0) is 21.4. The maximum atomic E-state index is 13.4. The fraction of sp³-hybridized carbons (Fsp3) is 0.250. The molecule has 0 aliphatic carbocycles. The highest BCUT2D eigenvalue weighted by Crippen LogP contribution is 2.32. The molecule has 1 N–H and O–H groups in total. The summed E-state index contributed by atoms with van der Waals surface area (Å²) in [6, 6.07) is 10.1. The van der Waals surface area contributed by atoms with Gasteiger partial charge in [-0.2, -0.15) is 0 Å². The molecule has 4 heterocycles. The second-order valence-electron chi connectivity index (χ2n) is 7.80. The molecule has 2 aliphatic rings. The lowest BCUT2D eigenvalue weighted by molar-refractivity contribution is -0.121. The number of benzene rings is 1. The van der Waals surface area contributed by atoms with E-state index in [0.717, 1.165) is 33.7 Å². The van der Waals surface area contributed by atoms with E-state index in [1.54, 1.807) is 18.5 Å². The summed E-state index contributed by atoms with van der Waals surface area (Å²) in [7, 11) is 0. The number of halogens is 1. The summed E-state index contributed by atoms with van der Waals surface area (Å²) < 4.78 is 19.0. The molecule has 0 saturated carbocycles. The Hall–Kier alpha value is -3.61. The molecule has 5 rings (SSSR count). The van der Waals surface area contributed by atoms with Crippen LogP contribution >= 0.6 is 0 Å². The maximum absolute atomic E-state index is 13.4. The Morgan fingerprint density at radius 3 is 3.00 bits per heavy atom. The molecule has 2 aliphatic heterocycles. The van der Waals surface area contributed by atoms with E-state index in [-0.39, 0.29) is 24.2 Å². The van der Waals surface area contributed by atoms with Crippen molar-refractivity contribution < 1.29 is 13.9 Å². The Morgan fingerprint density at radius 2 is 2.13 bits per heavy atom. The lowest BCUT2D eigenvalue weighted by Gasteiger charge is -2.26. The maximum Gasteiger partial charge on any atom is 0.226 e. The van der Waals surface area contributed by atoms with Gasteiger partial charge in [-0.25, -0.2) is 4.39 Å². The highest BCUT2D eigenvalue weighted by atomic mass is 19.1. The van der Waals surface area contributed by atoms with Crippen molar-refractivity contribution in [3.05, 3.63) is 88.3 Å². The quantitative estimate of drug-likeness (QED) is 0.707. The van der Waals surface area contributed by atoms with Gasteiger partial charge in [0.25, 0.3) is 0 Å². The Morgan fingerprint density at radius 1 is 1.23 bits per heavy atom. The molecule has 156 valence electrons. The Bertz CT molecular complexity index is 1210. The summed E-state index contributed by atoms with van der Waals surface area (Å²) in [5, 5.41) is 3.03. The number of fused-ring (bicyclic) bond motifs is 2. The van der Waals surface area contributed by atoms with E-state index < -0.39 is 0 Å². The highest BCUT2D eigenvalue weighted by molar-refractivity contribution is 6.15. The number of carbonyl (C=O) groups excluding carboxylic acids is 1. The van der Waals surface area contributed by atoms with Crippen molar-refractivity contribution in [1.82, 2.24) is 15.3 Å². The molecule has 3 aromatic rings. The summed E-state index contributed by atoms with van der Waals surface area (Å²) >= 11 is 0. The second-order valence-corrected chi connectivity index (χ2v) is 7.80. The SMILES string of the molecule is Cc1cc(C2=NCc3cc(CC(=O)N[C@H]4CCOc5cc(F)ccc54)ncc32)ccn1. The van der Waals surface area contributed by atoms with Crippen LogP contribution in [-0.2, 0) is 17.8 Å². The fourth-order valence-corrected chi connectivity index (χ4v) is 4.10. The topological polar surface area (TPSA) is 76.5 Å². The molecule has 0 fully saturated rings. The number of aromatic nitrogens is 2. The van der Waals surface area contributed by atoms with E-state index in [9.17, 15) is 9.18 Å². The standard InChI is InChI=1S/C24H21FN4O2/c1-14-8-15(4-6-26-14)24-20-13-27-18(9-16(20)12-28-24)11-23(30)29-21-5-7-31-22-10-17(25)2-3-19(21)22/h2-4,6,8-10,13,21H,5,7,11-12H2,1H3,(H,29,30)/t21-/m0/s1. The minimum atomic E-state index is -0.350. The Kier molecular flexibility index (Phi) is 4.94. The molecule has 1 aromatic carbocycles. The number of rotatable bonds is 4. The third-order valence-corrected chi connectivity index (χ3v) is 5.57. The zero-order valence-corrected chi connectivity index (χ0v) is 17.1. The van der Waals surface area contributed by atoms with Gasteiger partial charge in [-0.1, -0.05) is 6.07 Å². The van der Waals surface area contributed by atoms with Crippen LogP contribution in [0.5, 0.6) is 5.75 Å². The van der Waals surface area contributed by atoms with E-state index in [4.69, 9.17) is 4.74 Å². The molecule has 0 unspecified atom stereocenters. The van der Waals surface area contributed by atoms with Crippen molar-refractivity contribution in [3.8, 4) is 5.75 Å². The summed E-state index contributed by atoms with van der Waals surface area (Å²) in [5.74, 6) is 0.0123. The second kappa shape index (κ2) is 7.91. The number of aliphatic imine (C=N–C) groups is 1. The first kappa shape index (κ1) is 19.4. The highest BCUT2D eigenvalue weighted by Gasteiger charge is 2.24. The van der Waals surface area contributed by atoms with Crippen molar-refractivity contribution in [1.29, 1.82) is 0 Å². The van der Waals surface area contributed by atoms with E-state index >= 15 is 0 Å². The fourth-order valence-electron chi connectivity index (χ4n) is 4.10. The van der Waals surface area contributed by atoms with Crippen LogP contribution in [0.4, 0.5) is 4.39 Å². The van der Waals surface area contributed by atoms with Gasteiger partial charge in [0.1, 0.15) is 11.6 Å². The van der Waals surface area contributed by atoms with Gasteiger partial charge in [-0.05, 0) is 36.8 Å². The molecular weight excluding hydrogens is 395 g/mol. The van der Waals surface area contributed by atoms with Crippen molar-refractivity contribution in [2.75, 3.05) is 6.61 Å². The predicted octanol–water partition coefficient (Wildman–Crippen LogP) is 3.46. The zero-order valence-electron chi connectivity index (χ0n) is 17.1. The van der Waals surface area contributed by atoms with Gasteiger partial charge in [0.15, 0.2) is 0 Å². The van der Waals surface area contributed by atoms with Gasteiger partial charge in [0, 0.05) is 47.3 Å². The molecule has 7 heteroatoms. The van der Waals surface area contributed by atoms with E-state index in [1.165, 1.54) is 12.1 Å². The average Bonchev–Trinajstić information content (AvgIpc) is 3.17. The molecule has 2 aromatic heterocycles. The van der Waals surface area contributed by atoms with Crippen LogP contribution in [0, 0.1) is 12.7 Å². The van der Waals surface area contributed by atoms with Crippen molar-refractivity contribution in [2.24, 2.45) is 4.99 Å². The molecule has 1 atom stereocenters. The number of nitrogens with one attached hydrogen (secondary N) is 1. The number of nitrogens with zero attached hydrogens (tertiary/aromatic N) is 3. The summed E-state index contributed by atoms with van der Waals surface area (Å²) in [6.07, 6.45) is 4.39. The first-order valence-electron chi connectivity index (χ1n) is 10.2. The smallest absolute Gasteiger partial charge is 0.226 e. The largest absolute Gasteiger partial charge is 0.493 e. The Labute approximate surface area is 179 Å². The minimum absolute atomic E-state index is 0.126. The third kappa shape index (κ3) is 3.91. The van der Waals surface area contributed by atoms with Crippen LogP contribution < -0.4 is 10.1 Å². The normalized spacial score (nSPS) is 16.7. The van der Waals surface area contributed by atoms with Gasteiger partial charge >= 0.3 is 0 Å². The lowest BCUT2D eigenvalue weighted by Crippen LogP contribution is -2.33. The molecule has 6 nitrogen and oxygen atoms in total.